The number of hydrogen-bond donors (Lipinski definition) is 2. The first-order valence-electron chi connectivity index (χ1n) is 6.50. The van der Waals surface area contributed by atoms with Crippen molar-refractivity contribution in [2.24, 2.45) is 0 Å². The monoisotopic (exact) mass is 282 g/mol. The molecule has 0 saturated heterocycles. The fraction of sp³-hybridized carbons (Fsp3) is 0.143. The Bertz CT molecular complexity index is 699. The van der Waals surface area contributed by atoms with Crippen molar-refractivity contribution in [3.63, 3.8) is 0 Å². The Morgan fingerprint density at radius 1 is 1.14 bits per heavy atom. The summed E-state index contributed by atoms with van der Waals surface area (Å²) in [6.07, 6.45) is 2.00. The summed E-state index contributed by atoms with van der Waals surface area (Å²) in [4.78, 5) is 12.7. The number of aromatic nitrogens is 4. The molecule has 0 aliphatic heterocycles. The van der Waals surface area contributed by atoms with E-state index in [1.807, 2.05) is 30.3 Å². The summed E-state index contributed by atoms with van der Waals surface area (Å²) in [5.41, 5.74) is 6.75. The second kappa shape index (κ2) is 6.00. The highest BCUT2D eigenvalue weighted by Gasteiger charge is 2.05. The number of anilines is 2. The van der Waals surface area contributed by atoms with Gasteiger partial charge < -0.3 is 15.6 Å². The Labute approximate surface area is 121 Å². The number of benzene rings is 1. The first-order chi connectivity index (χ1) is 10.3. The van der Waals surface area contributed by atoms with Crippen LogP contribution in [0.15, 0.2) is 47.2 Å². The van der Waals surface area contributed by atoms with E-state index in [1.165, 1.54) is 6.33 Å². The van der Waals surface area contributed by atoms with Gasteiger partial charge in [-0.05, 0) is 0 Å². The molecular weight excluding hydrogens is 268 g/mol. The second-order valence-electron chi connectivity index (χ2n) is 4.38. The van der Waals surface area contributed by atoms with Crippen molar-refractivity contribution in [1.82, 2.24) is 20.1 Å². The normalized spacial score (nSPS) is 10.5. The van der Waals surface area contributed by atoms with Crippen molar-refractivity contribution >= 4 is 11.6 Å². The summed E-state index contributed by atoms with van der Waals surface area (Å²) < 4.78 is 4.93. The molecule has 106 valence electrons. The highest BCUT2D eigenvalue weighted by Crippen LogP contribution is 2.18. The van der Waals surface area contributed by atoms with Crippen LogP contribution in [0, 0.1) is 0 Å². The number of nitrogens with zero attached hydrogens (tertiary/aromatic N) is 4. The van der Waals surface area contributed by atoms with E-state index < -0.39 is 0 Å². The average molecular weight is 282 g/mol. The van der Waals surface area contributed by atoms with Crippen molar-refractivity contribution in [2.75, 3.05) is 17.6 Å². The van der Waals surface area contributed by atoms with Gasteiger partial charge in [-0.25, -0.2) is 9.97 Å². The highest BCUT2D eigenvalue weighted by atomic mass is 16.5. The molecule has 0 bridgehead atoms. The molecule has 0 saturated carbocycles. The third-order valence-electron chi connectivity index (χ3n) is 2.83. The van der Waals surface area contributed by atoms with E-state index in [0.717, 1.165) is 5.56 Å². The van der Waals surface area contributed by atoms with Crippen molar-refractivity contribution < 1.29 is 4.52 Å². The fourth-order valence-electron chi connectivity index (χ4n) is 1.88. The molecule has 2 aromatic heterocycles. The molecule has 0 radical (unpaired) electrons. The first kappa shape index (κ1) is 13.0. The van der Waals surface area contributed by atoms with Gasteiger partial charge in [-0.1, -0.05) is 35.5 Å². The maximum Gasteiger partial charge on any atom is 0.228 e. The maximum absolute atomic E-state index is 5.83. The van der Waals surface area contributed by atoms with E-state index in [9.17, 15) is 0 Å². The second-order valence-corrected chi connectivity index (χ2v) is 4.38. The molecule has 7 nitrogen and oxygen atoms in total. The van der Waals surface area contributed by atoms with Gasteiger partial charge >= 0.3 is 0 Å². The van der Waals surface area contributed by atoms with Crippen LogP contribution in [-0.4, -0.2) is 26.7 Å². The summed E-state index contributed by atoms with van der Waals surface area (Å²) >= 11 is 0. The lowest BCUT2D eigenvalue weighted by Gasteiger charge is -2.07. The van der Waals surface area contributed by atoms with Crippen LogP contribution in [0.2, 0.25) is 0 Å². The lowest BCUT2D eigenvalue weighted by Crippen LogP contribution is -2.08. The number of nitrogen functional groups attached to an aromatic ring is 1. The third kappa shape index (κ3) is 3.33. The molecule has 3 rings (SSSR count). The van der Waals surface area contributed by atoms with Crippen LogP contribution in [0.1, 0.15) is 5.89 Å². The topological polar surface area (TPSA) is 103 Å². The summed E-state index contributed by atoms with van der Waals surface area (Å²) in [5, 5.41) is 6.73. The number of rotatable bonds is 5. The van der Waals surface area contributed by atoms with Gasteiger partial charge in [0.05, 0.1) is 0 Å². The van der Waals surface area contributed by atoms with Gasteiger partial charge in [0.15, 0.2) is 12.2 Å². The van der Waals surface area contributed by atoms with Crippen molar-refractivity contribution in [2.45, 2.75) is 6.42 Å². The zero-order valence-corrected chi connectivity index (χ0v) is 11.2. The molecule has 0 fully saturated rings. The average Bonchev–Trinajstić information content (AvgIpc) is 3.01. The molecule has 2 heterocycles. The molecule has 7 heteroatoms. The molecule has 0 atom stereocenters. The van der Waals surface area contributed by atoms with Crippen LogP contribution in [-0.2, 0) is 6.42 Å². The van der Waals surface area contributed by atoms with Crippen LogP contribution in [0.5, 0.6) is 0 Å². The van der Waals surface area contributed by atoms with Gasteiger partial charge in [0, 0.05) is 24.6 Å². The Hall–Kier alpha value is -2.96. The van der Waals surface area contributed by atoms with Gasteiger partial charge in [0.1, 0.15) is 11.6 Å². The summed E-state index contributed by atoms with van der Waals surface area (Å²) in [7, 11) is 0. The fourth-order valence-corrected chi connectivity index (χ4v) is 1.88. The molecule has 0 spiro atoms. The minimum Gasteiger partial charge on any atom is -0.384 e. The zero-order chi connectivity index (χ0) is 14.5. The molecule has 3 N–H and O–H groups in total. The predicted octanol–water partition coefficient (Wildman–Crippen LogP) is 1.76. The summed E-state index contributed by atoms with van der Waals surface area (Å²) in [6.45, 7) is 0.618. The van der Waals surface area contributed by atoms with Crippen molar-refractivity contribution in [3.05, 3.63) is 48.6 Å². The van der Waals surface area contributed by atoms with Gasteiger partial charge in [-0.2, -0.15) is 4.98 Å². The number of nitrogens with two attached hydrogens (primary N) is 1. The molecular formula is C14H14N6O. The SMILES string of the molecule is Nc1cc(NCCc2ncno2)nc(-c2ccccc2)n1. The van der Waals surface area contributed by atoms with Crippen LogP contribution in [0.25, 0.3) is 11.4 Å². The number of nitrogens with one attached hydrogen (secondary N) is 1. The van der Waals surface area contributed by atoms with E-state index >= 15 is 0 Å². The largest absolute Gasteiger partial charge is 0.384 e. The van der Waals surface area contributed by atoms with E-state index in [1.54, 1.807) is 6.07 Å². The third-order valence-corrected chi connectivity index (χ3v) is 2.83. The van der Waals surface area contributed by atoms with Gasteiger partial charge in [0.25, 0.3) is 0 Å². The maximum atomic E-state index is 5.83. The summed E-state index contributed by atoms with van der Waals surface area (Å²) in [6, 6.07) is 11.4. The van der Waals surface area contributed by atoms with Crippen LogP contribution in [0.4, 0.5) is 11.6 Å². The molecule has 0 amide bonds. The van der Waals surface area contributed by atoms with Crippen LogP contribution >= 0.6 is 0 Å². The lowest BCUT2D eigenvalue weighted by molar-refractivity contribution is 0.379. The van der Waals surface area contributed by atoms with E-state index in [0.29, 0.717) is 36.3 Å². The first-order valence-corrected chi connectivity index (χ1v) is 6.50. The Balaban J connectivity index is 1.72. The number of hydrogen-bond acceptors (Lipinski definition) is 7. The summed E-state index contributed by atoms with van der Waals surface area (Å²) in [5.74, 6) is 2.26. The Morgan fingerprint density at radius 2 is 2.00 bits per heavy atom. The van der Waals surface area contributed by atoms with E-state index in [-0.39, 0.29) is 0 Å². The molecule has 1 aromatic carbocycles. The van der Waals surface area contributed by atoms with Crippen molar-refractivity contribution in [1.29, 1.82) is 0 Å². The van der Waals surface area contributed by atoms with Gasteiger partial charge in [-0.15, -0.1) is 0 Å². The lowest BCUT2D eigenvalue weighted by atomic mass is 10.2. The zero-order valence-electron chi connectivity index (χ0n) is 11.2. The molecule has 0 aliphatic carbocycles. The Kier molecular flexibility index (Phi) is 3.72. The minimum absolute atomic E-state index is 0.421. The van der Waals surface area contributed by atoms with Crippen LogP contribution < -0.4 is 11.1 Å². The van der Waals surface area contributed by atoms with Crippen molar-refractivity contribution in [3.8, 4) is 11.4 Å². The smallest absolute Gasteiger partial charge is 0.228 e. The molecule has 3 aromatic rings. The Morgan fingerprint density at radius 3 is 2.76 bits per heavy atom. The molecule has 0 unspecified atom stereocenters. The van der Waals surface area contributed by atoms with Crippen LogP contribution in [0.3, 0.4) is 0 Å². The quantitative estimate of drug-likeness (QED) is 0.735. The molecule has 21 heavy (non-hydrogen) atoms. The highest BCUT2D eigenvalue weighted by molar-refractivity contribution is 5.60. The van der Waals surface area contributed by atoms with Gasteiger partial charge in [0.2, 0.25) is 5.89 Å². The van der Waals surface area contributed by atoms with Gasteiger partial charge in [-0.3, -0.25) is 0 Å². The van der Waals surface area contributed by atoms with E-state index in [4.69, 9.17) is 10.3 Å². The minimum atomic E-state index is 0.421. The predicted molar refractivity (Wildman–Crippen MR) is 78.4 cm³/mol. The standard InChI is InChI=1S/C14H14N6O/c15-11-8-12(16-7-6-13-17-9-18-21-13)20-14(19-11)10-4-2-1-3-5-10/h1-5,8-9H,6-7H2,(H3,15,16,19,20). The molecule has 0 aliphatic rings. The van der Waals surface area contributed by atoms with E-state index in [2.05, 4.69) is 25.4 Å².